The van der Waals surface area contributed by atoms with Crippen LogP contribution >= 0.6 is 24.0 Å². The van der Waals surface area contributed by atoms with E-state index in [1.54, 1.807) is 19.1 Å². The number of thiol groups is 1. The van der Waals surface area contributed by atoms with Crippen molar-refractivity contribution in [3.8, 4) is 0 Å². The molecule has 2 aromatic rings. The number of hydrogen-bond acceptors (Lipinski definition) is 2. The van der Waals surface area contributed by atoms with Gasteiger partial charge in [0, 0.05) is 10.3 Å². The molecule has 1 aromatic carbocycles. The maximum absolute atomic E-state index is 13.4. The minimum atomic E-state index is -0.121. The van der Waals surface area contributed by atoms with Crippen LogP contribution in [0.2, 0.25) is 0 Å². The van der Waals surface area contributed by atoms with Crippen LogP contribution in [0.15, 0.2) is 22.4 Å². The second-order valence-electron chi connectivity index (χ2n) is 2.69. The maximum atomic E-state index is 13.4. The zero-order chi connectivity index (χ0) is 8.72. The molecule has 0 N–H and O–H groups in total. The summed E-state index contributed by atoms with van der Waals surface area (Å²) in [4.78, 5) is 0.860. The lowest BCUT2D eigenvalue weighted by Crippen LogP contribution is -1.82. The molecular formula is C9H7FS2. The summed E-state index contributed by atoms with van der Waals surface area (Å²) in [6.45, 7) is 1.76. The lowest BCUT2D eigenvalue weighted by molar-refractivity contribution is 0.630. The van der Waals surface area contributed by atoms with Gasteiger partial charge in [0.1, 0.15) is 5.82 Å². The molecule has 1 heterocycles. The van der Waals surface area contributed by atoms with Gasteiger partial charge in [-0.2, -0.15) is 0 Å². The highest BCUT2D eigenvalue weighted by Crippen LogP contribution is 2.31. The summed E-state index contributed by atoms with van der Waals surface area (Å²) in [5.41, 5.74) is 0.658. The molecule has 0 bridgehead atoms. The number of fused-ring (bicyclic) bond motifs is 1. The molecule has 2 rings (SSSR count). The van der Waals surface area contributed by atoms with Crippen molar-refractivity contribution in [3.05, 3.63) is 28.9 Å². The maximum Gasteiger partial charge on any atom is 0.134 e. The largest absolute Gasteiger partial charge is 0.206 e. The molecule has 62 valence electrons. The number of benzene rings is 1. The van der Waals surface area contributed by atoms with Crippen molar-refractivity contribution >= 4 is 34.1 Å². The molecule has 12 heavy (non-hydrogen) atoms. The van der Waals surface area contributed by atoms with E-state index in [0.717, 1.165) is 9.60 Å². The first kappa shape index (κ1) is 8.08. The molecule has 0 aliphatic heterocycles. The van der Waals surface area contributed by atoms with E-state index in [0.29, 0.717) is 10.9 Å². The van der Waals surface area contributed by atoms with Crippen molar-refractivity contribution in [3.63, 3.8) is 0 Å². The van der Waals surface area contributed by atoms with Crippen LogP contribution in [0.3, 0.4) is 0 Å². The zero-order valence-electron chi connectivity index (χ0n) is 6.47. The van der Waals surface area contributed by atoms with E-state index in [4.69, 9.17) is 0 Å². The van der Waals surface area contributed by atoms with Crippen LogP contribution in [0.5, 0.6) is 0 Å². The number of rotatable bonds is 0. The summed E-state index contributed by atoms with van der Waals surface area (Å²) < 4.78 is 14.3. The van der Waals surface area contributed by atoms with Crippen molar-refractivity contribution in [2.75, 3.05) is 0 Å². The summed E-state index contributed by atoms with van der Waals surface area (Å²) in [6.07, 6.45) is 0. The van der Waals surface area contributed by atoms with Crippen molar-refractivity contribution in [1.82, 2.24) is 0 Å². The minimum Gasteiger partial charge on any atom is -0.206 e. The Bertz CT molecular complexity index is 431. The number of halogens is 1. The molecule has 0 aliphatic rings. The molecule has 0 atom stereocenters. The first-order valence-electron chi connectivity index (χ1n) is 3.55. The quantitative estimate of drug-likeness (QED) is 0.614. The third-order valence-corrected chi connectivity index (χ3v) is 3.29. The van der Waals surface area contributed by atoms with Gasteiger partial charge in [-0.3, -0.25) is 0 Å². The summed E-state index contributed by atoms with van der Waals surface area (Å²) in [7, 11) is 0. The molecule has 1 aromatic heterocycles. The van der Waals surface area contributed by atoms with Crippen molar-refractivity contribution < 1.29 is 4.39 Å². The third-order valence-electron chi connectivity index (χ3n) is 1.83. The summed E-state index contributed by atoms with van der Waals surface area (Å²) in [5.74, 6) is -0.121. The van der Waals surface area contributed by atoms with Gasteiger partial charge >= 0.3 is 0 Å². The first-order valence-corrected chi connectivity index (χ1v) is 4.88. The van der Waals surface area contributed by atoms with E-state index in [9.17, 15) is 4.39 Å². The number of thiophene rings is 1. The van der Waals surface area contributed by atoms with Gasteiger partial charge in [-0.25, -0.2) is 4.39 Å². The minimum absolute atomic E-state index is 0.121. The van der Waals surface area contributed by atoms with E-state index < -0.39 is 0 Å². The highest BCUT2D eigenvalue weighted by Gasteiger charge is 2.07. The lowest BCUT2D eigenvalue weighted by atomic mass is 10.2. The van der Waals surface area contributed by atoms with Gasteiger partial charge in [0.2, 0.25) is 0 Å². The molecule has 0 nitrogen and oxygen atoms in total. The average Bonchev–Trinajstić information content (AvgIpc) is 2.48. The van der Waals surface area contributed by atoms with Gasteiger partial charge in [0.25, 0.3) is 0 Å². The lowest BCUT2D eigenvalue weighted by Gasteiger charge is -2.00. The van der Waals surface area contributed by atoms with Crippen LogP contribution in [0.1, 0.15) is 5.56 Å². The Balaban J connectivity index is 2.97. The summed E-state index contributed by atoms with van der Waals surface area (Å²) >= 11 is 5.80. The van der Waals surface area contributed by atoms with Gasteiger partial charge < -0.3 is 0 Å². The Hall–Kier alpha value is -0.540. The van der Waals surface area contributed by atoms with Crippen LogP contribution in [0.4, 0.5) is 4.39 Å². The molecule has 0 radical (unpaired) electrons. The van der Waals surface area contributed by atoms with Crippen LogP contribution in [0.25, 0.3) is 10.1 Å². The topological polar surface area (TPSA) is 0 Å². The molecule has 3 heteroatoms. The van der Waals surface area contributed by atoms with Crippen molar-refractivity contribution in [1.29, 1.82) is 0 Å². The standard InChI is InChI=1S/C9H7FS2/c1-5-4-7(11)9-6(8(5)10)2-3-12-9/h2-4,11H,1H3. The monoisotopic (exact) mass is 198 g/mol. The SMILES string of the molecule is Cc1cc(S)c2sccc2c1F. The van der Waals surface area contributed by atoms with Crippen LogP contribution in [-0.4, -0.2) is 0 Å². The first-order chi connectivity index (χ1) is 5.70. The van der Waals surface area contributed by atoms with Gasteiger partial charge in [0.15, 0.2) is 0 Å². The molecule has 0 fully saturated rings. The summed E-state index contributed by atoms with van der Waals surface area (Å²) in [5, 5.41) is 2.57. The Morgan fingerprint density at radius 1 is 1.50 bits per heavy atom. The molecule has 0 spiro atoms. The summed E-state index contributed by atoms with van der Waals surface area (Å²) in [6, 6.07) is 3.55. The Morgan fingerprint density at radius 3 is 3.00 bits per heavy atom. The Kier molecular flexibility index (Phi) is 1.85. The van der Waals surface area contributed by atoms with Crippen molar-refractivity contribution in [2.24, 2.45) is 0 Å². The molecule has 0 aliphatic carbocycles. The number of hydrogen-bond donors (Lipinski definition) is 1. The predicted molar refractivity (Wildman–Crippen MR) is 53.8 cm³/mol. The van der Waals surface area contributed by atoms with Crippen LogP contribution in [0, 0.1) is 12.7 Å². The second-order valence-corrected chi connectivity index (χ2v) is 4.09. The smallest absolute Gasteiger partial charge is 0.134 e. The molecular weight excluding hydrogens is 191 g/mol. The highest BCUT2D eigenvalue weighted by molar-refractivity contribution is 7.80. The fourth-order valence-corrected chi connectivity index (χ4v) is 2.50. The highest BCUT2D eigenvalue weighted by atomic mass is 32.1. The zero-order valence-corrected chi connectivity index (χ0v) is 8.18. The van der Waals surface area contributed by atoms with Gasteiger partial charge in [-0.15, -0.1) is 24.0 Å². The van der Waals surface area contributed by atoms with Gasteiger partial charge in [-0.1, -0.05) is 0 Å². The number of aryl methyl sites for hydroxylation is 1. The molecule has 0 amide bonds. The predicted octanol–water partition coefficient (Wildman–Crippen LogP) is 3.64. The van der Waals surface area contributed by atoms with E-state index >= 15 is 0 Å². The fraction of sp³-hybridized carbons (Fsp3) is 0.111. The second kappa shape index (κ2) is 2.75. The van der Waals surface area contributed by atoms with E-state index in [2.05, 4.69) is 12.6 Å². The Labute approximate surface area is 79.4 Å². The average molecular weight is 198 g/mol. The molecule has 0 saturated heterocycles. The van der Waals surface area contributed by atoms with Crippen LogP contribution in [-0.2, 0) is 0 Å². The van der Waals surface area contributed by atoms with Crippen molar-refractivity contribution in [2.45, 2.75) is 11.8 Å². The van der Waals surface area contributed by atoms with E-state index in [1.807, 2.05) is 5.38 Å². The van der Waals surface area contributed by atoms with E-state index in [-0.39, 0.29) is 5.82 Å². The van der Waals surface area contributed by atoms with Gasteiger partial charge in [-0.05, 0) is 30.0 Å². The molecule has 0 unspecified atom stereocenters. The van der Waals surface area contributed by atoms with Gasteiger partial charge in [0.05, 0.1) is 4.70 Å². The fourth-order valence-electron chi connectivity index (χ4n) is 1.23. The van der Waals surface area contributed by atoms with Crippen LogP contribution < -0.4 is 0 Å². The van der Waals surface area contributed by atoms with E-state index in [1.165, 1.54) is 11.3 Å². The third kappa shape index (κ3) is 1.04. The normalized spacial score (nSPS) is 10.9. The molecule has 0 saturated carbocycles. The Morgan fingerprint density at radius 2 is 2.25 bits per heavy atom.